The SMILES string of the molecule is O=C(O)n1ccc(OCC(O)C2C3(CC3)C23CC3)n1. The lowest BCUT2D eigenvalue weighted by Crippen LogP contribution is -2.22. The number of aliphatic hydroxyl groups excluding tert-OH is 1. The van der Waals surface area contributed by atoms with Crippen LogP contribution in [0.25, 0.3) is 0 Å². The van der Waals surface area contributed by atoms with Crippen molar-refractivity contribution in [3.63, 3.8) is 0 Å². The Morgan fingerprint density at radius 3 is 2.58 bits per heavy atom. The summed E-state index contributed by atoms with van der Waals surface area (Å²) in [6.07, 6.45) is 4.73. The Bertz CT molecular complexity index is 527. The lowest BCUT2D eigenvalue weighted by Gasteiger charge is -2.10. The van der Waals surface area contributed by atoms with Gasteiger partial charge in [0.15, 0.2) is 0 Å². The normalized spacial score (nSPS) is 26.4. The number of rotatable bonds is 4. The fourth-order valence-electron chi connectivity index (χ4n) is 4.16. The van der Waals surface area contributed by atoms with Crippen LogP contribution < -0.4 is 4.74 Å². The van der Waals surface area contributed by atoms with Crippen molar-refractivity contribution in [2.45, 2.75) is 31.8 Å². The van der Waals surface area contributed by atoms with E-state index in [2.05, 4.69) is 5.10 Å². The van der Waals surface area contributed by atoms with Gasteiger partial charge in [-0.05, 0) is 36.5 Å². The maximum atomic E-state index is 10.7. The molecule has 4 rings (SSSR count). The number of hydrogen-bond donors (Lipinski definition) is 2. The Balaban J connectivity index is 1.36. The molecule has 1 heterocycles. The first kappa shape index (κ1) is 11.3. The van der Waals surface area contributed by atoms with E-state index in [4.69, 9.17) is 9.84 Å². The van der Waals surface area contributed by atoms with Crippen LogP contribution in [-0.2, 0) is 0 Å². The van der Waals surface area contributed by atoms with Gasteiger partial charge in [0.25, 0.3) is 0 Å². The standard InChI is InChI=1S/C13H16N2O4/c16-8(10-12(2-3-12)13(10)4-5-13)7-19-9-1-6-15(14-9)11(17)18/h1,6,8,10,16H,2-5,7H2,(H,17,18). The fraction of sp³-hybridized carbons (Fsp3) is 0.692. The molecule has 0 aliphatic heterocycles. The second-order valence-corrected chi connectivity index (χ2v) is 6.05. The topological polar surface area (TPSA) is 84.6 Å². The number of fused-ring (bicyclic) bond motifs is 1. The number of aromatic nitrogens is 2. The molecule has 3 aliphatic carbocycles. The van der Waals surface area contributed by atoms with Crippen molar-refractivity contribution in [3.05, 3.63) is 12.3 Å². The third-order valence-electron chi connectivity index (χ3n) is 5.22. The highest BCUT2D eigenvalue weighted by Crippen LogP contribution is 2.93. The molecule has 2 N–H and O–H groups in total. The average molecular weight is 264 g/mol. The van der Waals surface area contributed by atoms with Gasteiger partial charge in [-0.15, -0.1) is 5.10 Å². The summed E-state index contributed by atoms with van der Waals surface area (Å²) in [6, 6.07) is 1.49. The maximum absolute atomic E-state index is 10.7. The minimum atomic E-state index is -1.15. The first-order valence-corrected chi connectivity index (χ1v) is 6.69. The molecule has 0 amide bonds. The molecule has 3 aliphatic rings. The summed E-state index contributed by atoms with van der Waals surface area (Å²) < 4.78 is 6.19. The highest BCUT2D eigenvalue weighted by molar-refractivity contribution is 5.66. The third-order valence-corrected chi connectivity index (χ3v) is 5.22. The van der Waals surface area contributed by atoms with E-state index in [-0.39, 0.29) is 12.5 Å². The van der Waals surface area contributed by atoms with E-state index in [0.717, 1.165) is 4.68 Å². The molecule has 6 nitrogen and oxygen atoms in total. The summed E-state index contributed by atoms with van der Waals surface area (Å²) in [5.74, 6) is 0.637. The summed E-state index contributed by atoms with van der Waals surface area (Å²) in [5.41, 5.74) is 0.881. The Morgan fingerprint density at radius 1 is 1.47 bits per heavy atom. The van der Waals surface area contributed by atoms with Crippen LogP contribution in [0, 0.1) is 16.7 Å². The molecule has 2 spiro atoms. The molecule has 3 saturated carbocycles. The smallest absolute Gasteiger partial charge is 0.432 e. The number of nitrogens with zero attached hydrogens (tertiary/aromatic N) is 2. The fourth-order valence-corrected chi connectivity index (χ4v) is 4.16. The molecule has 0 saturated heterocycles. The molecule has 19 heavy (non-hydrogen) atoms. The molecule has 1 atom stereocenters. The van der Waals surface area contributed by atoms with Crippen LogP contribution in [0.3, 0.4) is 0 Å². The minimum absolute atomic E-state index is 0.199. The van der Waals surface area contributed by atoms with Gasteiger partial charge in [-0.2, -0.15) is 4.68 Å². The van der Waals surface area contributed by atoms with Crippen molar-refractivity contribution in [2.24, 2.45) is 16.7 Å². The molecule has 0 bridgehead atoms. The van der Waals surface area contributed by atoms with Gasteiger partial charge >= 0.3 is 6.09 Å². The largest absolute Gasteiger partial charge is 0.474 e. The number of carbonyl (C=O) groups is 1. The van der Waals surface area contributed by atoms with Gasteiger partial charge in [0, 0.05) is 18.2 Å². The predicted octanol–water partition coefficient (Wildman–Crippen LogP) is 1.34. The Hall–Kier alpha value is -1.56. The Labute approximate surface area is 110 Å². The molecule has 1 aromatic heterocycles. The molecule has 1 aromatic rings. The highest BCUT2D eigenvalue weighted by atomic mass is 16.5. The second-order valence-electron chi connectivity index (χ2n) is 6.05. The van der Waals surface area contributed by atoms with Crippen LogP contribution in [0.5, 0.6) is 5.88 Å². The molecular weight excluding hydrogens is 248 g/mol. The van der Waals surface area contributed by atoms with Gasteiger partial charge in [-0.3, -0.25) is 0 Å². The van der Waals surface area contributed by atoms with Crippen LogP contribution >= 0.6 is 0 Å². The quantitative estimate of drug-likeness (QED) is 0.857. The van der Waals surface area contributed by atoms with Crippen LogP contribution in [0.2, 0.25) is 0 Å². The zero-order chi connectivity index (χ0) is 13.3. The van der Waals surface area contributed by atoms with Crippen molar-refractivity contribution in [1.29, 1.82) is 0 Å². The van der Waals surface area contributed by atoms with Gasteiger partial charge < -0.3 is 14.9 Å². The number of carboxylic acid groups (broad SMARTS) is 1. The lowest BCUT2D eigenvalue weighted by atomic mass is 10.2. The molecule has 3 fully saturated rings. The number of ether oxygens (including phenoxy) is 1. The Kier molecular flexibility index (Phi) is 1.96. The van der Waals surface area contributed by atoms with Crippen LogP contribution in [0.1, 0.15) is 25.7 Å². The maximum Gasteiger partial charge on any atom is 0.432 e. The summed E-state index contributed by atoms with van der Waals surface area (Å²) >= 11 is 0. The molecule has 0 radical (unpaired) electrons. The average Bonchev–Trinajstić information content (AvgIpc) is 3.32. The molecule has 102 valence electrons. The van der Waals surface area contributed by atoms with E-state index in [9.17, 15) is 9.90 Å². The van der Waals surface area contributed by atoms with E-state index in [1.165, 1.54) is 37.9 Å². The van der Waals surface area contributed by atoms with Gasteiger partial charge in [0.1, 0.15) is 6.61 Å². The first-order chi connectivity index (χ1) is 9.09. The van der Waals surface area contributed by atoms with Crippen molar-refractivity contribution < 1.29 is 19.7 Å². The molecule has 1 unspecified atom stereocenters. The summed E-state index contributed by atoms with van der Waals surface area (Å²) in [4.78, 5) is 10.7. The second kappa shape index (κ2) is 3.30. The monoisotopic (exact) mass is 264 g/mol. The van der Waals surface area contributed by atoms with Gasteiger partial charge in [0.05, 0.1) is 6.10 Å². The van der Waals surface area contributed by atoms with E-state index < -0.39 is 12.2 Å². The predicted molar refractivity (Wildman–Crippen MR) is 64.0 cm³/mol. The highest BCUT2D eigenvalue weighted by Gasteiger charge is 2.87. The molecular formula is C13H16N2O4. The van der Waals surface area contributed by atoms with Crippen LogP contribution in [0.15, 0.2) is 12.3 Å². The van der Waals surface area contributed by atoms with Gasteiger partial charge in [-0.25, -0.2) is 4.79 Å². The van der Waals surface area contributed by atoms with E-state index in [1.54, 1.807) is 0 Å². The molecule has 6 heteroatoms. The van der Waals surface area contributed by atoms with Gasteiger partial charge in [-0.1, -0.05) is 0 Å². The van der Waals surface area contributed by atoms with Crippen molar-refractivity contribution in [3.8, 4) is 5.88 Å². The Morgan fingerprint density at radius 2 is 2.11 bits per heavy atom. The zero-order valence-corrected chi connectivity index (χ0v) is 10.5. The number of aliphatic hydroxyl groups is 1. The van der Waals surface area contributed by atoms with Gasteiger partial charge in [0.2, 0.25) is 5.88 Å². The van der Waals surface area contributed by atoms with Crippen LogP contribution in [0.4, 0.5) is 4.79 Å². The minimum Gasteiger partial charge on any atom is -0.474 e. The van der Waals surface area contributed by atoms with Crippen LogP contribution in [-0.4, -0.2) is 38.8 Å². The lowest BCUT2D eigenvalue weighted by molar-refractivity contribution is 0.0767. The van der Waals surface area contributed by atoms with E-state index >= 15 is 0 Å². The van der Waals surface area contributed by atoms with E-state index in [1.807, 2.05) is 0 Å². The van der Waals surface area contributed by atoms with Crippen molar-refractivity contribution in [1.82, 2.24) is 9.78 Å². The van der Waals surface area contributed by atoms with Crippen molar-refractivity contribution in [2.75, 3.05) is 6.61 Å². The first-order valence-electron chi connectivity index (χ1n) is 6.69. The van der Waals surface area contributed by atoms with E-state index in [0.29, 0.717) is 16.7 Å². The summed E-state index contributed by atoms with van der Waals surface area (Å²) in [7, 11) is 0. The van der Waals surface area contributed by atoms with Crippen molar-refractivity contribution >= 4 is 6.09 Å². The zero-order valence-electron chi connectivity index (χ0n) is 10.5. The molecule has 0 aromatic carbocycles. The number of hydrogen-bond acceptors (Lipinski definition) is 4. The third kappa shape index (κ3) is 1.40. The summed E-state index contributed by atoms with van der Waals surface area (Å²) in [6.45, 7) is 0.199. The summed E-state index contributed by atoms with van der Waals surface area (Å²) in [5, 5.41) is 22.7.